The summed E-state index contributed by atoms with van der Waals surface area (Å²) >= 11 is 4.24. The molecule has 0 saturated heterocycles. The number of carbonyl (C=O) groups excluding carboxylic acids is 1. The Morgan fingerprint density at radius 2 is 1.03 bits per heavy atom. The average Bonchev–Trinajstić information content (AvgIpc) is 3.79. The summed E-state index contributed by atoms with van der Waals surface area (Å²) in [4.78, 5) is 23.0. The number of fused-ring (bicyclic) bond motifs is 10. The van der Waals surface area contributed by atoms with Gasteiger partial charge in [-0.1, -0.05) is 41.5 Å². The fraction of sp³-hybridized carbons (Fsp3) is 0.960. The zero-order chi connectivity index (χ0) is 44.7. The molecule has 0 aromatic carbocycles. The quantitative estimate of drug-likeness (QED) is 0.0817. The summed E-state index contributed by atoms with van der Waals surface area (Å²) in [5.41, 5.74) is 0.446. The highest BCUT2D eigenvalue weighted by Gasteiger charge is 2.65. The molecule has 11 heteroatoms. The highest BCUT2D eigenvalue weighted by atomic mass is 128. The van der Waals surface area contributed by atoms with E-state index in [-0.39, 0.29) is 65.3 Å². The first kappa shape index (κ1) is 50.6. The number of rotatable bonds is 10. The standard InChI is InChI=1S/C26H44O5.C24H40O4.I2/c1-16(5-10-24(29)31-15-30-4)20-8-9-21-19-7-6-17-13-18(27)11-12-25(17,2)22(19)14-23(28)26(20,21)3;1-14(4-9-22(27)28)18-7-8-19-17-6-5-15-12-16(25)10-11-23(15,2)20(17)13-21(26)24(18,19)3;1-2/h16-23,27-28H,5-15H2,1-4H3;14-21,25-26H,4-13H2,1-3H3,(H,27,28);/t16-,17-,18-,19+,20-,21?,22+,23+,25+,26-;14-,15?,16?,17?,18-,19?,20?,21?,23+,24-;/m11./s1. The second kappa shape index (κ2) is 20.6. The van der Waals surface area contributed by atoms with Gasteiger partial charge in [0.25, 0.3) is 0 Å². The molecular weight excluding hydrogens is 998 g/mol. The topological polar surface area (TPSA) is 154 Å². The number of halogens is 2. The van der Waals surface area contributed by atoms with Crippen LogP contribution in [0.4, 0.5) is 0 Å². The Labute approximate surface area is 392 Å². The molecule has 0 amide bonds. The van der Waals surface area contributed by atoms with Crippen molar-refractivity contribution in [2.45, 2.75) is 194 Å². The van der Waals surface area contributed by atoms with Gasteiger partial charge in [0.15, 0.2) is 6.79 Å². The summed E-state index contributed by atoms with van der Waals surface area (Å²) in [5.74, 6) is 5.70. The lowest BCUT2D eigenvalue weighted by Gasteiger charge is -2.62. The van der Waals surface area contributed by atoms with Gasteiger partial charge in [-0.15, -0.1) is 0 Å². The van der Waals surface area contributed by atoms with Gasteiger partial charge in [-0.2, -0.15) is 0 Å². The van der Waals surface area contributed by atoms with Gasteiger partial charge < -0.3 is 35.0 Å². The minimum absolute atomic E-state index is 0.0228. The monoisotopic (exact) mass is 1080 g/mol. The number of carboxylic acids is 1. The number of aliphatic carboxylic acids is 1. The maximum Gasteiger partial charge on any atom is 0.307 e. The minimum Gasteiger partial charge on any atom is -0.481 e. The van der Waals surface area contributed by atoms with Crippen LogP contribution >= 0.6 is 37.2 Å². The fourth-order valence-electron chi connectivity index (χ4n) is 17.6. The fourth-order valence-corrected chi connectivity index (χ4v) is 17.6. The van der Waals surface area contributed by atoms with Crippen molar-refractivity contribution in [1.29, 1.82) is 0 Å². The maximum atomic E-state index is 12.0. The Hall–Kier alpha value is 0.200. The van der Waals surface area contributed by atoms with E-state index in [4.69, 9.17) is 14.6 Å². The number of hydrogen-bond acceptors (Lipinski definition) is 8. The second-order valence-corrected chi connectivity index (χ2v) is 23.1. The van der Waals surface area contributed by atoms with Crippen LogP contribution in [-0.2, 0) is 19.1 Å². The lowest BCUT2D eigenvalue weighted by Crippen LogP contribution is -2.58. The molecule has 9 nitrogen and oxygen atoms in total. The van der Waals surface area contributed by atoms with Crippen LogP contribution in [0.2, 0.25) is 0 Å². The number of aliphatic hydroxyl groups is 4. The molecule has 352 valence electrons. The molecule has 20 atom stereocenters. The predicted octanol–water partition coefficient (Wildman–Crippen LogP) is 10.8. The third-order valence-corrected chi connectivity index (χ3v) is 21.0. The Balaban J connectivity index is 0.000000197. The maximum absolute atomic E-state index is 12.0. The first-order valence-corrected chi connectivity index (χ1v) is 30.9. The highest BCUT2D eigenvalue weighted by Crippen LogP contribution is 2.70. The summed E-state index contributed by atoms with van der Waals surface area (Å²) in [7, 11) is 1.52. The van der Waals surface area contributed by atoms with Crippen molar-refractivity contribution in [1.82, 2.24) is 0 Å². The van der Waals surface area contributed by atoms with Crippen molar-refractivity contribution in [3.63, 3.8) is 0 Å². The first-order valence-electron chi connectivity index (χ1n) is 24.6. The van der Waals surface area contributed by atoms with Crippen LogP contribution < -0.4 is 0 Å². The van der Waals surface area contributed by atoms with Gasteiger partial charge >= 0.3 is 11.9 Å². The number of esters is 1. The third-order valence-electron chi connectivity index (χ3n) is 21.0. The molecule has 0 aliphatic heterocycles. The van der Waals surface area contributed by atoms with Crippen LogP contribution in [0, 0.1) is 92.7 Å². The summed E-state index contributed by atoms with van der Waals surface area (Å²) in [6.45, 7) is 14.1. The SMILES string of the molecule is COCOC(=O)CC[C@@H](C)[C@H]1CCC2[C@@H]3CC[C@@H]4C[C@H](O)CC[C@]4(C)[C@H]3C[C@H](O)[C@@]21C.C[C@H](CCC(=O)O)[C@H]1CCC2C3CCC4CC(O)CC[C@]4(C)C3CC(O)[C@@]21C.II. The summed E-state index contributed by atoms with van der Waals surface area (Å²) in [6, 6.07) is 0. The van der Waals surface area contributed by atoms with E-state index in [9.17, 15) is 30.0 Å². The van der Waals surface area contributed by atoms with Gasteiger partial charge in [-0.25, -0.2) is 0 Å². The highest BCUT2D eigenvalue weighted by molar-refractivity contribution is 15.0. The minimum atomic E-state index is -0.707. The van der Waals surface area contributed by atoms with E-state index >= 15 is 0 Å². The number of carboxylic acid groups (broad SMARTS) is 1. The molecule has 0 radical (unpaired) electrons. The third kappa shape index (κ3) is 9.54. The number of aliphatic hydroxyl groups excluding tert-OH is 4. The normalized spacial score (nSPS) is 48.1. The molecule has 8 aliphatic rings. The van der Waals surface area contributed by atoms with Crippen LogP contribution in [0.15, 0.2) is 0 Å². The van der Waals surface area contributed by atoms with E-state index in [0.717, 1.165) is 77.0 Å². The molecule has 8 rings (SSSR count). The van der Waals surface area contributed by atoms with Crippen LogP contribution in [-0.4, -0.2) is 75.8 Å². The summed E-state index contributed by atoms with van der Waals surface area (Å²) < 4.78 is 9.90. The van der Waals surface area contributed by atoms with Gasteiger partial charge in [-0.3, -0.25) is 9.59 Å². The number of methoxy groups -OCH3 is 1. The average molecular weight is 1080 g/mol. The number of hydrogen-bond donors (Lipinski definition) is 5. The molecule has 0 bridgehead atoms. The molecule has 5 N–H and O–H groups in total. The molecule has 0 heterocycles. The Kier molecular flexibility index (Phi) is 17.1. The van der Waals surface area contributed by atoms with Crippen LogP contribution in [0.25, 0.3) is 0 Å². The molecule has 8 aliphatic carbocycles. The largest absolute Gasteiger partial charge is 0.481 e. The van der Waals surface area contributed by atoms with E-state index < -0.39 is 5.97 Å². The smallest absolute Gasteiger partial charge is 0.307 e. The van der Waals surface area contributed by atoms with Gasteiger partial charge in [0.05, 0.1) is 24.4 Å². The van der Waals surface area contributed by atoms with E-state index in [1.54, 1.807) is 0 Å². The van der Waals surface area contributed by atoms with Crippen LogP contribution in [0.3, 0.4) is 0 Å². The van der Waals surface area contributed by atoms with Crippen LogP contribution in [0.5, 0.6) is 0 Å². The Bertz CT molecular complexity index is 1480. The van der Waals surface area contributed by atoms with E-state index in [0.29, 0.717) is 77.4 Å². The lowest BCUT2D eigenvalue weighted by atomic mass is 9.43. The molecule has 61 heavy (non-hydrogen) atoms. The van der Waals surface area contributed by atoms with Crippen LogP contribution in [0.1, 0.15) is 170 Å². The second-order valence-electron chi connectivity index (χ2n) is 23.1. The molecular formula is C50H84I2O9. The van der Waals surface area contributed by atoms with E-state index in [1.807, 2.05) is 0 Å². The summed E-state index contributed by atoms with van der Waals surface area (Å²) in [6.07, 6.45) is 18.9. The molecule has 0 aromatic rings. The van der Waals surface area contributed by atoms with Crippen molar-refractivity contribution < 1.29 is 44.6 Å². The molecule has 0 aromatic heterocycles. The zero-order valence-corrected chi connectivity index (χ0v) is 43.0. The van der Waals surface area contributed by atoms with Crippen molar-refractivity contribution >= 4 is 49.2 Å². The Morgan fingerprint density at radius 1 is 0.607 bits per heavy atom. The van der Waals surface area contributed by atoms with Gasteiger partial charge in [0.1, 0.15) is 0 Å². The summed E-state index contributed by atoms with van der Waals surface area (Å²) in [5, 5.41) is 52.6. The van der Waals surface area contributed by atoms with Crippen molar-refractivity contribution in [2.75, 3.05) is 13.9 Å². The van der Waals surface area contributed by atoms with Crippen molar-refractivity contribution in [3.05, 3.63) is 0 Å². The van der Waals surface area contributed by atoms with Gasteiger partial charge in [0.2, 0.25) is 0 Å². The van der Waals surface area contributed by atoms with Crippen molar-refractivity contribution in [2.24, 2.45) is 92.7 Å². The zero-order valence-electron chi connectivity index (χ0n) is 38.7. The van der Waals surface area contributed by atoms with Gasteiger partial charge in [0, 0.05) is 57.2 Å². The predicted molar refractivity (Wildman–Crippen MR) is 256 cm³/mol. The molecule has 7 unspecified atom stereocenters. The molecule has 8 saturated carbocycles. The molecule has 8 fully saturated rings. The van der Waals surface area contributed by atoms with Crippen molar-refractivity contribution in [3.8, 4) is 0 Å². The Morgan fingerprint density at radius 3 is 1.44 bits per heavy atom. The lowest BCUT2D eigenvalue weighted by molar-refractivity contribution is -0.175. The number of ether oxygens (including phenoxy) is 2. The molecule has 0 spiro atoms. The van der Waals surface area contributed by atoms with E-state index in [1.165, 1.54) is 45.6 Å². The van der Waals surface area contributed by atoms with E-state index in [2.05, 4.69) is 78.8 Å². The first-order chi connectivity index (χ1) is 28.9. The van der Waals surface area contributed by atoms with Gasteiger partial charge in [-0.05, 0) is 208 Å². The number of carbonyl (C=O) groups is 2.